The van der Waals surface area contributed by atoms with Crippen LogP contribution in [0.2, 0.25) is 0 Å². The van der Waals surface area contributed by atoms with E-state index in [1.165, 1.54) is 25.7 Å². The van der Waals surface area contributed by atoms with Crippen molar-refractivity contribution >= 4 is 5.97 Å². The molecule has 2 aliphatic rings. The van der Waals surface area contributed by atoms with Gasteiger partial charge in [0.05, 0.1) is 12.5 Å². The molecule has 98 valence electrons. The molecule has 3 heteroatoms. The highest BCUT2D eigenvalue weighted by Crippen LogP contribution is 2.39. The van der Waals surface area contributed by atoms with Crippen LogP contribution in [0.3, 0.4) is 0 Å². The lowest BCUT2D eigenvalue weighted by molar-refractivity contribution is -0.148. The van der Waals surface area contributed by atoms with Crippen molar-refractivity contribution in [1.29, 1.82) is 0 Å². The van der Waals surface area contributed by atoms with E-state index in [1.807, 2.05) is 6.92 Å². The highest BCUT2D eigenvalue weighted by molar-refractivity contribution is 5.72. The Balaban J connectivity index is 1.97. The summed E-state index contributed by atoms with van der Waals surface area (Å²) in [5.74, 6) is 1.53. The number of ether oxygens (including phenoxy) is 1. The Hall–Kier alpha value is -0.570. The second kappa shape index (κ2) is 5.85. The Kier molecular flexibility index (Phi) is 4.43. The first-order chi connectivity index (χ1) is 8.20. The largest absolute Gasteiger partial charge is 0.466 e. The van der Waals surface area contributed by atoms with E-state index in [0.717, 1.165) is 25.2 Å². The average molecular weight is 239 g/mol. The molecular formula is C14H25NO2. The van der Waals surface area contributed by atoms with Gasteiger partial charge in [0.1, 0.15) is 0 Å². The molecule has 0 unspecified atom stereocenters. The van der Waals surface area contributed by atoms with Gasteiger partial charge in [-0.3, -0.25) is 4.79 Å². The molecule has 0 saturated heterocycles. The zero-order valence-electron chi connectivity index (χ0n) is 10.9. The SMILES string of the molecule is CCOC(=O)[C@H]1CCC[C@H]2CC[C@H](C2)[C@@H](N)C1. The van der Waals surface area contributed by atoms with Gasteiger partial charge < -0.3 is 10.5 Å². The number of hydrogen-bond acceptors (Lipinski definition) is 3. The predicted molar refractivity (Wildman–Crippen MR) is 67.4 cm³/mol. The monoisotopic (exact) mass is 239 g/mol. The van der Waals surface area contributed by atoms with Crippen LogP contribution in [0.4, 0.5) is 0 Å². The van der Waals surface area contributed by atoms with Crippen LogP contribution in [0.1, 0.15) is 51.9 Å². The van der Waals surface area contributed by atoms with E-state index in [1.54, 1.807) is 0 Å². The topological polar surface area (TPSA) is 52.3 Å². The third-order valence-electron chi connectivity index (χ3n) is 4.53. The molecule has 17 heavy (non-hydrogen) atoms. The van der Waals surface area contributed by atoms with Gasteiger partial charge in [0.25, 0.3) is 0 Å². The molecule has 2 rings (SSSR count). The molecule has 0 spiro atoms. The smallest absolute Gasteiger partial charge is 0.308 e. The van der Waals surface area contributed by atoms with Crippen molar-refractivity contribution < 1.29 is 9.53 Å². The first-order valence-electron chi connectivity index (χ1n) is 7.13. The number of esters is 1. The number of fused-ring (bicyclic) bond motifs is 2. The van der Waals surface area contributed by atoms with Crippen LogP contribution in [0, 0.1) is 17.8 Å². The van der Waals surface area contributed by atoms with E-state index in [2.05, 4.69) is 0 Å². The van der Waals surface area contributed by atoms with E-state index in [0.29, 0.717) is 12.5 Å². The average Bonchev–Trinajstić information content (AvgIpc) is 2.78. The van der Waals surface area contributed by atoms with Crippen molar-refractivity contribution in [3.8, 4) is 0 Å². The van der Waals surface area contributed by atoms with Crippen LogP contribution in [0.15, 0.2) is 0 Å². The number of carbonyl (C=O) groups is 1. The lowest BCUT2D eigenvalue weighted by Gasteiger charge is -2.23. The van der Waals surface area contributed by atoms with Crippen molar-refractivity contribution in [2.24, 2.45) is 23.5 Å². The predicted octanol–water partition coefficient (Wildman–Crippen LogP) is 2.48. The third-order valence-corrected chi connectivity index (χ3v) is 4.53. The van der Waals surface area contributed by atoms with E-state index in [4.69, 9.17) is 10.5 Å². The summed E-state index contributed by atoms with van der Waals surface area (Å²) in [6, 6.07) is 0.201. The summed E-state index contributed by atoms with van der Waals surface area (Å²) >= 11 is 0. The molecule has 2 saturated carbocycles. The van der Waals surface area contributed by atoms with Crippen molar-refractivity contribution in [1.82, 2.24) is 0 Å². The molecule has 0 amide bonds. The summed E-state index contributed by atoms with van der Waals surface area (Å²) in [5, 5.41) is 0. The van der Waals surface area contributed by atoms with Crippen LogP contribution in [-0.4, -0.2) is 18.6 Å². The minimum atomic E-state index is -0.0271. The van der Waals surface area contributed by atoms with Crippen LogP contribution >= 0.6 is 0 Å². The molecule has 4 atom stereocenters. The fourth-order valence-corrected chi connectivity index (χ4v) is 3.53. The highest BCUT2D eigenvalue weighted by Gasteiger charge is 2.33. The first kappa shape index (κ1) is 12.9. The minimum Gasteiger partial charge on any atom is -0.466 e. The van der Waals surface area contributed by atoms with Crippen molar-refractivity contribution in [2.75, 3.05) is 6.61 Å². The number of rotatable bonds is 2. The van der Waals surface area contributed by atoms with Crippen LogP contribution in [0.25, 0.3) is 0 Å². The fourth-order valence-electron chi connectivity index (χ4n) is 3.53. The van der Waals surface area contributed by atoms with Gasteiger partial charge in [-0.1, -0.05) is 19.3 Å². The summed E-state index contributed by atoms with van der Waals surface area (Å²) < 4.78 is 5.15. The summed E-state index contributed by atoms with van der Waals surface area (Å²) in [6.45, 7) is 2.35. The van der Waals surface area contributed by atoms with Crippen molar-refractivity contribution in [3.63, 3.8) is 0 Å². The van der Waals surface area contributed by atoms with Gasteiger partial charge in [-0.25, -0.2) is 0 Å². The van der Waals surface area contributed by atoms with Gasteiger partial charge in [0.2, 0.25) is 0 Å². The van der Waals surface area contributed by atoms with Crippen LogP contribution in [-0.2, 0) is 9.53 Å². The zero-order chi connectivity index (χ0) is 12.3. The number of nitrogens with two attached hydrogens (primary N) is 1. The Morgan fingerprint density at radius 1 is 1.24 bits per heavy atom. The summed E-state index contributed by atoms with van der Waals surface area (Å²) in [4.78, 5) is 11.8. The van der Waals surface area contributed by atoms with Gasteiger partial charge >= 0.3 is 5.97 Å². The Bertz CT molecular complexity index is 267. The Morgan fingerprint density at radius 3 is 2.82 bits per heavy atom. The van der Waals surface area contributed by atoms with E-state index >= 15 is 0 Å². The van der Waals surface area contributed by atoms with Gasteiger partial charge in [0, 0.05) is 6.04 Å². The molecule has 2 N–H and O–H groups in total. The van der Waals surface area contributed by atoms with Gasteiger partial charge in [-0.2, -0.15) is 0 Å². The number of hydrogen-bond donors (Lipinski definition) is 1. The van der Waals surface area contributed by atoms with E-state index in [-0.39, 0.29) is 17.9 Å². The molecule has 0 aromatic rings. The maximum atomic E-state index is 11.8. The second-order valence-electron chi connectivity index (χ2n) is 5.72. The molecule has 2 bridgehead atoms. The molecular weight excluding hydrogens is 214 g/mol. The number of carbonyl (C=O) groups excluding carboxylic acids is 1. The maximum Gasteiger partial charge on any atom is 0.308 e. The molecule has 0 aromatic heterocycles. The Morgan fingerprint density at radius 2 is 2.06 bits per heavy atom. The van der Waals surface area contributed by atoms with Crippen molar-refractivity contribution in [2.45, 2.75) is 57.9 Å². The van der Waals surface area contributed by atoms with Crippen LogP contribution < -0.4 is 5.73 Å². The quantitative estimate of drug-likeness (QED) is 0.753. The minimum absolute atomic E-state index is 0.0271. The molecule has 0 aromatic carbocycles. The lowest BCUT2D eigenvalue weighted by atomic mass is 9.88. The van der Waals surface area contributed by atoms with Gasteiger partial charge in [-0.15, -0.1) is 0 Å². The fraction of sp³-hybridized carbons (Fsp3) is 0.929. The molecule has 0 heterocycles. The molecule has 0 aliphatic heterocycles. The molecule has 3 nitrogen and oxygen atoms in total. The standard InChI is InChI=1S/C14H25NO2/c1-2-17-14(16)12-5-3-4-10-6-7-11(8-10)13(15)9-12/h10-13H,2-9,15H2,1H3/t10-,11+,12-,13-/m0/s1. The van der Waals surface area contributed by atoms with Gasteiger partial charge in [-0.05, 0) is 44.4 Å². The first-order valence-corrected chi connectivity index (χ1v) is 7.13. The third kappa shape index (κ3) is 3.21. The van der Waals surface area contributed by atoms with Crippen LogP contribution in [0.5, 0.6) is 0 Å². The van der Waals surface area contributed by atoms with E-state index in [9.17, 15) is 4.79 Å². The normalized spacial score (nSPS) is 38.0. The lowest BCUT2D eigenvalue weighted by Crippen LogP contribution is -2.33. The molecule has 0 radical (unpaired) electrons. The zero-order valence-corrected chi connectivity index (χ0v) is 10.9. The second-order valence-corrected chi connectivity index (χ2v) is 5.72. The van der Waals surface area contributed by atoms with Crippen molar-refractivity contribution in [3.05, 3.63) is 0 Å². The maximum absolute atomic E-state index is 11.8. The summed E-state index contributed by atoms with van der Waals surface area (Å²) in [5.41, 5.74) is 6.27. The van der Waals surface area contributed by atoms with Gasteiger partial charge in [0.15, 0.2) is 0 Å². The highest BCUT2D eigenvalue weighted by atomic mass is 16.5. The Labute approximate surface area is 104 Å². The van der Waals surface area contributed by atoms with E-state index < -0.39 is 0 Å². The summed E-state index contributed by atoms with van der Waals surface area (Å²) in [6.07, 6.45) is 8.14. The molecule has 2 fully saturated rings. The summed E-state index contributed by atoms with van der Waals surface area (Å²) in [7, 11) is 0. The molecule has 2 aliphatic carbocycles.